The lowest BCUT2D eigenvalue weighted by Gasteiger charge is -2.45. The van der Waals surface area contributed by atoms with Gasteiger partial charge in [0.05, 0.1) is 0 Å². The van der Waals surface area contributed by atoms with Crippen molar-refractivity contribution >= 4 is 0 Å². The lowest BCUT2D eigenvalue weighted by atomic mass is 9.73. The minimum absolute atomic E-state index is 0.209. The Hall–Kier alpha value is -0.890. The van der Waals surface area contributed by atoms with Crippen LogP contribution in [0.2, 0.25) is 0 Å². The molecule has 1 aromatic rings. The van der Waals surface area contributed by atoms with Crippen molar-refractivity contribution < 1.29 is 4.39 Å². The molecule has 0 saturated carbocycles. The Morgan fingerprint density at radius 1 is 1.26 bits per heavy atom. The molecule has 1 saturated heterocycles. The summed E-state index contributed by atoms with van der Waals surface area (Å²) in [6.45, 7) is 13.4. The van der Waals surface area contributed by atoms with Crippen LogP contribution in [0, 0.1) is 11.8 Å². The van der Waals surface area contributed by atoms with Crippen LogP contribution in [0.25, 0.3) is 0 Å². The predicted octanol–water partition coefficient (Wildman–Crippen LogP) is 5.80. The summed E-state index contributed by atoms with van der Waals surface area (Å²) >= 11 is 0. The van der Waals surface area contributed by atoms with Crippen LogP contribution in [0.5, 0.6) is 0 Å². The van der Waals surface area contributed by atoms with Gasteiger partial charge in [0.25, 0.3) is 0 Å². The van der Waals surface area contributed by atoms with Crippen molar-refractivity contribution in [3.8, 4) is 0 Å². The molecule has 0 amide bonds. The number of halogens is 1. The maximum atomic E-state index is 15.6. The molecule has 0 bridgehead atoms. The van der Waals surface area contributed by atoms with E-state index in [4.69, 9.17) is 0 Å². The third-order valence-corrected chi connectivity index (χ3v) is 5.40. The molecule has 0 aromatic heterocycles. The average Bonchev–Trinajstić information content (AvgIpc) is 2.47. The minimum Gasteiger partial charge on any atom is -0.296 e. The molecule has 23 heavy (non-hydrogen) atoms. The highest BCUT2D eigenvalue weighted by molar-refractivity contribution is 5.25. The summed E-state index contributed by atoms with van der Waals surface area (Å²) in [5.41, 5.74) is 1.68. The Morgan fingerprint density at radius 3 is 2.61 bits per heavy atom. The van der Waals surface area contributed by atoms with E-state index in [0.29, 0.717) is 24.8 Å². The zero-order chi connectivity index (χ0) is 17.0. The topological polar surface area (TPSA) is 3.24 Å². The first-order chi connectivity index (χ1) is 10.9. The predicted molar refractivity (Wildman–Crippen MR) is 97.5 cm³/mol. The number of benzene rings is 1. The summed E-state index contributed by atoms with van der Waals surface area (Å²) in [5, 5.41) is 0. The first-order valence-corrected chi connectivity index (χ1v) is 9.36. The van der Waals surface area contributed by atoms with E-state index in [0.717, 1.165) is 25.9 Å². The summed E-state index contributed by atoms with van der Waals surface area (Å²) in [4.78, 5) is 2.33. The lowest BCUT2D eigenvalue weighted by Crippen LogP contribution is -2.52. The molecular formula is C21H34FN. The highest BCUT2D eigenvalue weighted by atomic mass is 19.1. The van der Waals surface area contributed by atoms with Gasteiger partial charge in [-0.05, 0) is 48.3 Å². The van der Waals surface area contributed by atoms with Gasteiger partial charge < -0.3 is 0 Å². The van der Waals surface area contributed by atoms with Crippen LogP contribution in [-0.4, -0.2) is 23.7 Å². The SMILES string of the molecule is CCCC1(F)CN(Cc2cccc(C(C)C)c2)CCC1C(C)C. The number of likely N-dealkylation sites (tertiary alicyclic amines) is 1. The maximum absolute atomic E-state index is 15.6. The number of hydrogen-bond acceptors (Lipinski definition) is 1. The summed E-state index contributed by atoms with van der Waals surface area (Å²) in [6, 6.07) is 8.80. The zero-order valence-electron chi connectivity index (χ0n) is 15.6. The van der Waals surface area contributed by atoms with Crippen LogP contribution in [0.4, 0.5) is 4.39 Å². The molecule has 0 N–H and O–H groups in total. The first kappa shape index (κ1) is 18.4. The van der Waals surface area contributed by atoms with Gasteiger partial charge in [0.15, 0.2) is 0 Å². The second kappa shape index (κ2) is 7.79. The largest absolute Gasteiger partial charge is 0.296 e. The van der Waals surface area contributed by atoms with Gasteiger partial charge in [-0.3, -0.25) is 4.90 Å². The fraction of sp³-hybridized carbons (Fsp3) is 0.714. The third kappa shape index (κ3) is 4.56. The van der Waals surface area contributed by atoms with Crippen LogP contribution in [0.1, 0.15) is 70.9 Å². The maximum Gasteiger partial charge on any atom is 0.126 e. The number of nitrogens with zero attached hydrogens (tertiary/aromatic N) is 1. The van der Waals surface area contributed by atoms with Gasteiger partial charge in [0.1, 0.15) is 5.67 Å². The second-order valence-electron chi connectivity index (χ2n) is 8.03. The Morgan fingerprint density at radius 2 is 2.00 bits per heavy atom. The quantitative estimate of drug-likeness (QED) is 0.641. The second-order valence-corrected chi connectivity index (χ2v) is 8.03. The molecule has 0 spiro atoms. The molecule has 0 aliphatic carbocycles. The van der Waals surface area contributed by atoms with Gasteiger partial charge in [-0.1, -0.05) is 65.3 Å². The molecule has 1 heterocycles. The average molecular weight is 320 g/mol. The minimum atomic E-state index is -1.02. The number of alkyl halides is 1. The third-order valence-electron chi connectivity index (χ3n) is 5.40. The number of hydrogen-bond donors (Lipinski definition) is 0. The van der Waals surface area contributed by atoms with Crippen molar-refractivity contribution in [3.63, 3.8) is 0 Å². The molecule has 2 heteroatoms. The standard InChI is InChI=1S/C21H34FN/c1-6-11-21(22)15-23(12-10-20(21)17(4)5)14-18-8-7-9-19(13-18)16(2)3/h7-9,13,16-17,20H,6,10-12,14-15H2,1-5H3. The van der Waals surface area contributed by atoms with Crippen molar-refractivity contribution in [2.75, 3.05) is 13.1 Å². The van der Waals surface area contributed by atoms with Crippen LogP contribution in [0.15, 0.2) is 24.3 Å². The van der Waals surface area contributed by atoms with Crippen molar-refractivity contribution in [1.82, 2.24) is 4.90 Å². The normalized spacial score (nSPS) is 26.2. The van der Waals surface area contributed by atoms with E-state index in [-0.39, 0.29) is 5.92 Å². The molecule has 1 nitrogen and oxygen atoms in total. The molecule has 2 atom stereocenters. The smallest absolute Gasteiger partial charge is 0.126 e. The van der Waals surface area contributed by atoms with Gasteiger partial charge in [-0.2, -0.15) is 0 Å². The fourth-order valence-electron chi connectivity index (χ4n) is 4.20. The molecule has 1 aromatic carbocycles. The number of rotatable bonds is 6. The highest BCUT2D eigenvalue weighted by Crippen LogP contribution is 2.40. The van der Waals surface area contributed by atoms with Crippen LogP contribution < -0.4 is 0 Å². The monoisotopic (exact) mass is 319 g/mol. The Labute approximate surface area is 142 Å². The Balaban J connectivity index is 2.09. The molecule has 1 aliphatic heterocycles. The van der Waals surface area contributed by atoms with E-state index in [1.54, 1.807) is 0 Å². The zero-order valence-corrected chi connectivity index (χ0v) is 15.6. The molecule has 0 radical (unpaired) electrons. The van der Waals surface area contributed by atoms with Gasteiger partial charge in [-0.15, -0.1) is 0 Å². The summed E-state index contributed by atoms with van der Waals surface area (Å²) in [6.07, 6.45) is 2.60. The van der Waals surface area contributed by atoms with E-state index >= 15 is 4.39 Å². The van der Waals surface area contributed by atoms with Crippen molar-refractivity contribution in [1.29, 1.82) is 0 Å². The first-order valence-electron chi connectivity index (χ1n) is 9.36. The van der Waals surface area contributed by atoms with E-state index in [9.17, 15) is 0 Å². The molecule has 1 aliphatic rings. The van der Waals surface area contributed by atoms with E-state index in [1.807, 2.05) is 0 Å². The Kier molecular flexibility index (Phi) is 6.25. The molecular weight excluding hydrogens is 285 g/mol. The van der Waals surface area contributed by atoms with Crippen LogP contribution in [-0.2, 0) is 6.54 Å². The number of piperidine rings is 1. The molecule has 130 valence electrons. The Bertz CT molecular complexity index is 496. The van der Waals surface area contributed by atoms with Gasteiger partial charge in [0.2, 0.25) is 0 Å². The highest BCUT2D eigenvalue weighted by Gasteiger charge is 2.44. The van der Waals surface area contributed by atoms with E-state index in [1.165, 1.54) is 11.1 Å². The van der Waals surface area contributed by atoms with Crippen LogP contribution >= 0.6 is 0 Å². The van der Waals surface area contributed by atoms with Gasteiger partial charge in [-0.25, -0.2) is 4.39 Å². The summed E-state index contributed by atoms with van der Waals surface area (Å²) < 4.78 is 15.6. The van der Waals surface area contributed by atoms with E-state index < -0.39 is 5.67 Å². The van der Waals surface area contributed by atoms with Crippen molar-refractivity contribution in [3.05, 3.63) is 35.4 Å². The van der Waals surface area contributed by atoms with Gasteiger partial charge >= 0.3 is 0 Å². The molecule has 1 fully saturated rings. The summed E-state index contributed by atoms with van der Waals surface area (Å²) in [7, 11) is 0. The summed E-state index contributed by atoms with van der Waals surface area (Å²) in [5.74, 6) is 1.18. The van der Waals surface area contributed by atoms with E-state index in [2.05, 4.69) is 63.8 Å². The molecule has 2 unspecified atom stereocenters. The van der Waals surface area contributed by atoms with Crippen molar-refractivity contribution in [2.45, 2.75) is 72.0 Å². The lowest BCUT2D eigenvalue weighted by molar-refractivity contribution is -0.0377. The van der Waals surface area contributed by atoms with Crippen LogP contribution in [0.3, 0.4) is 0 Å². The molecule has 2 rings (SSSR count). The van der Waals surface area contributed by atoms with Crippen molar-refractivity contribution in [2.24, 2.45) is 11.8 Å². The van der Waals surface area contributed by atoms with Gasteiger partial charge in [0, 0.05) is 13.1 Å². The fourth-order valence-corrected chi connectivity index (χ4v) is 4.20.